The molecule has 8 heteroatoms. The molecule has 0 radical (unpaired) electrons. The van der Waals surface area contributed by atoms with Crippen LogP contribution in [0, 0.1) is 17.2 Å². The fourth-order valence-corrected chi connectivity index (χ4v) is 3.84. The Morgan fingerprint density at radius 3 is 2.43 bits per heavy atom. The lowest BCUT2D eigenvalue weighted by atomic mass is 9.77. The largest absolute Gasteiger partial charge is 0.459 e. The van der Waals surface area contributed by atoms with Crippen molar-refractivity contribution in [2.45, 2.75) is 39.2 Å². The fourth-order valence-electron chi connectivity index (χ4n) is 2.90. The first kappa shape index (κ1) is 22.0. The Bertz CT molecular complexity index is 879. The van der Waals surface area contributed by atoms with Crippen LogP contribution in [-0.4, -0.2) is 28.9 Å². The van der Waals surface area contributed by atoms with Crippen molar-refractivity contribution < 1.29 is 14.3 Å². The first-order valence-electron chi connectivity index (χ1n) is 8.62. The number of esters is 1. The smallest absolute Gasteiger partial charge is 0.316 e. The topological polar surface area (TPSA) is 106 Å². The van der Waals surface area contributed by atoms with E-state index in [0.29, 0.717) is 21.3 Å². The second kappa shape index (κ2) is 8.80. The van der Waals surface area contributed by atoms with Gasteiger partial charge in [-0.15, -0.1) is 0 Å². The van der Waals surface area contributed by atoms with Gasteiger partial charge in [0, 0.05) is 16.7 Å². The normalized spacial score (nSPS) is 19.6. The van der Waals surface area contributed by atoms with E-state index in [0.717, 1.165) is 17.3 Å². The number of thioether (sulfide) groups is 1. The summed E-state index contributed by atoms with van der Waals surface area (Å²) in [4.78, 5) is 28.6. The second-order valence-electron chi connectivity index (χ2n) is 7.38. The van der Waals surface area contributed by atoms with Gasteiger partial charge in [-0.3, -0.25) is 9.59 Å². The summed E-state index contributed by atoms with van der Waals surface area (Å²) < 4.78 is 5.59. The summed E-state index contributed by atoms with van der Waals surface area (Å²) in [6.45, 7) is 7.07. The third-order valence-electron chi connectivity index (χ3n) is 3.96. The molecule has 1 amide bonds. The Balaban J connectivity index is 2.57. The highest BCUT2D eigenvalue weighted by Gasteiger charge is 2.41. The molecule has 0 fully saturated rings. The molecule has 6 nitrogen and oxygen atoms in total. The summed E-state index contributed by atoms with van der Waals surface area (Å²) in [6.07, 6.45) is 0. The number of carbonyl (C=O) groups excluding carboxylic acids is 2. The van der Waals surface area contributed by atoms with Crippen molar-refractivity contribution in [1.29, 1.82) is 5.26 Å². The number of hydrogen-bond acceptors (Lipinski definition) is 6. The number of halogens is 1. The van der Waals surface area contributed by atoms with Gasteiger partial charge in [0.1, 0.15) is 16.5 Å². The van der Waals surface area contributed by atoms with E-state index in [-0.39, 0.29) is 5.75 Å². The van der Waals surface area contributed by atoms with Crippen LogP contribution in [0.4, 0.5) is 0 Å². The van der Waals surface area contributed by atoms with Gasteiger partial charge in [0.05, 0.1) is 17.4 Å². The molecule has 0 aromatic heterocycles. The average Bonchev–Trinajstić information content (AvgIpc) is 2.58. The molecule has 1 aromatic rings. The van der Waals surface area contributed by atoms with Crippen LogP contribution in [0.25, 0.3) is 0 Å². The molecule has 2 rings (SSSR count). The quantitative estimate of drug-likeness (QED) is 0.730. The maximum Gasteiger partial charge on any atom is 0.316 e. The van der Waals surface area contributed by atoms with E-state index in [1.165, 1.54) is 0 Å². The van der Waals surface area contributed by atoms with Gasteiger partial charge < -0.3 is 10.5 Å². The molecule has 2 atom stereocenters. The first-order valence-corrected chi connectivity index (χ1v) is 9.98. The molecule has 1 aliphatic heterocycles. The van der Waals surface area contributed by atoms with Crippen molar-refractivity contribution in [3.05, 3.63) is 45.5 Å². The maximum atomic E-state index is 13.0. The van der Waals surface area contributed by atoms with E-state index >= 15 is 0 Å². The highest BCUT2D eigenvalue weighted by molar-refractivity contribution is 8.03. The van der Waals surface area contributed by atoms with Gasteiger partial charge in [0.2, 0.25) is 5.91 Å². The first-order chi connectivity index (χ1) is 13.0. The van der Waals surface area contributed by atoms with Gasteiger partial charge in [0.15, 0.2) is 0 Å². The second-order valence-corrected chi connectivity index (χ2v) is 8.78. The number of nitrogens with two attached hydrogens (primary N) is 1. The summed E-state index contributed by atoms with van der Waals surface area (Å²) in [5.41, 5.74) is 6.11. The number of allylic oxidation sites excluding steroid dienone is 1. The molecule has 0 saturated carbocycles. The number of rotatable bonds is 5. The third kappa shape index (κ3) is 5.37. The summed E-state index contributed by atoms with van der Waals surface area (Å²) in [6, 6.07) is 9.12. The zero-order chi connectivity index (χ0) is 21.1. The Morgan fingerprint density at radius 2 is 1.93 bits per heavy atom. The van der Waals surface area contributed by atoms with Crippen molar-refractivity contribution in [3.8, 4) is 6.07 Å². The van der Waals surface area contributed by atoms with Gasteiger partial charge >= 0.3 is 5.97 Å². The molecule has 0 spiro atoms. The lowest BCUT2D eigenvalue weighted by Crippen LogP contribution is -2.37. The minimum atomic E-state index is -0.757. The summed E-state index contributed by atoms with van der Waals surface area (Å²) in [7, 11) is 0. The third-order valence-corrected chi connectivity index (χ3v) is 5.23. The highest BCUT2D eigenvalue weighted by Crippen LogP contribution is 2.42. The number of primary amides is 1. The molecule has 1 heterocycles. The zero-order valence-electron chi connectivity index (χ0n) is 16.2. The van der Waals surface area contributed by atoms with E-state index in [2.05, 4.69) is 11.1 Å². The van der Waals surface area contributed by atoms with Crippen LogP contribution in [0.2, 0.25) is 5.02 Å². The number of carbonyl (C=O) groups is 2. The number of nitriles is 1. The van der Waals surface area contributed by atoms with Crippen molar-refractivity contribution in [3.63, 3.8) is 0 Å². The van der Waals surface area contributed by atoms with Crippen LogP contribution < -0.4 is 5.73 Å². The summed E-state index contributed by atoms with van der Waals surface area (Å²) in [5.74, 6) is -2.33. The van der Waals surface area contributed by atoms with Crippen molar-refractivity contribution in [2.24, 2.45) is 16.6 Å². The van der Waals surface area contributed by atoms with Crippen LogP contribution in [-0.2, 0) is 14.3 Å². The van der Waals surface area contributed by atoms with Gasteiger partial charge in [-0.2, -0.15) is 5.26 Å². The number of amides is 1. The molecule has 1 aliphatic rings. The molecule has 0 aliphatic carbocycles. The fraction of sp³-hybridized carbons (Fsp3) is 0.400. The maximum absolute atomic E-state index is 13.0. The van der Waals surface area contributed by atoms with E-state index in [4.69, 9.17) is 22.1 Å². The Morgan fingerprint density at radius 1 is 1.32 bits per heavy atom. The molecule has 2 N–H and O–H groups in total. The molecule has 28 heavy (non-hydrogen) atoms. The summed E-state index contributed by atoms with van der Waals surface area (Å²) >= 11 is 7.09. The van der Waals surface area contributed by atoms with Gasteiger partial charge in [-0.25, -0.2) is 4.99 Å². The highest BCUT2D eigenvalue weighted by atomic mass is 35.5. The minimum absolute atomic E-state index is 0.0122. The van der Waals surface area contributed by atoms with Crippen LogP contribution >= 0.6 is 23.4 Å². The number of nitrogens with zero attached hydrogens (tertiary/aromatic N) is 2. The molecule has 1 aromatic carbocycles. The molecule has 148 valence electrons. The van der Waals surface area contributed by atoms with Crippen molar-refractivity contribution in [1.82, 2.24) is 0 Å². The zero-order valence-corrected chi connectivity index (χ0v) is 17.7. The minimum Gasteiger partial charge on any atom is -0.459 e. The number of benzene rings is 1. The Hall–Kier alpha value is -2.30. The Labute approximate surface area is 173 Å². The predicted molar refractivity (Wildman–Crippen MR) is 111 cm³/mol. The van der Waals surface area contributed by atoms with Gasteiger partial charge in [0.25, 0.3) is 0 Å². The SMILES string of the molecule is CC1=NC(SCC(N)=O)=C(C#N)[C@@H](c2ccc(Cl)cc2)C1C(=O)OC(C)(C)C. The van der Waals surface area contributed by atoms with Crippen LogP contribution in [0.3, 0.4) is 0 Å². The molecular weight excluding hydrogens is 398 g/mol. The van der Waals surface area contributed by atoms with E-state index < -0.39 is 29.3 Å². The van der Waals surface area contributed by atoms with E-state index in [9.17, 15) is 14.9 Å². The predicted octanol–water partition coefficient (Wildman–Crippen LogP) is 3.81. The number of ether oxygens (including phenoxy) is 1. The lowest BCUT2D eigenvalue weighted by molar-refractivity contribution is -0.157. The van der Waals surface area contributed by atoms with Crippen LogP contribution in [0.1, 0.15) is 39.2 Å². The average molecular weight is 420 g/mol. The molecule has 0 bridgehead atoms. The van der Waals surface area contributed by atoms with Crippen LogP contribution in [0.15, 0.2) is 39.9 Å². The molecular formula is C20H22ClN3O3S. The van der Waals surface area contributed by atoms with Crippen LogP contribution in [0.5, 0.6) is 0 Å². The Kier molecular flexibility index (Phi) is 6.91. The number of aliphatic imine (C=N–C) groups is 1. The summed E-state index contributed by atoms with van der Waals surface area (Å²) in [5, 5.41) is 10.8. The van der Waals surface area contributed by atoms with Crippen molar-refractivity contribution in [2.75, 3.05) is 5.75 Å². The van der Waals surface area contributed by atoms with Crippen molar-refractivity contribution >= 4 is 41.0 Å². The molecule has 1 unspecified atom stereocenters. The van der Waals surface area contributed by atoms with E-state index in [1.54, 1.807) is 52.0 Å². The monoisotopic (exact) mass is 419 g/mol. The number of hydrogen-bond donors (Lipinski definition) is 1. The lowest BCUT2D eigenvalue weighted by Gasteiger charge is -2.32. The van der Waals surface area contributed by atoms with Gasteiger partial charge in [-0.05, 0) is 45.4 Å². The standard InChI is InChI=1S/C20H22ClN3O3S/c1-11-16(19(26)27-20(2,3)4)17(12-5-7-13(21)8-6-12)14(9-22)18(24-11)28-10-15(23)25/h5-8,16-17H,10H2,1-4H3,(H2,23,25)/t16?,17-/m1/s1. The van der Waals surface area contributed by atoms with Gasteiger partial charge in [-0.1, -0.05) is 35.5 Å². The van der Waals surface area contributed by atoms with E-state index in [1.807, 2.05) is 0 Å². The molecule has 0 saturated heterocycles.